The van der Waals surface area contributed by atoms with Crippen LogP contribution in [-0.2, 0) is 6.42 Å². The monoisotopic (exact) mass is 296 g/mol. The lowest BCUT2D eigenvalue weighted by Gasteiger charge is -2.12. The third-order valence-corrected chi connectivity index (χ3v) is 2.98. The second-order valence-electron chi connectivity index (χ2n) is 4.53. The molecule has 112 valence electrons. The van der Waals surface area contributed by atoms with Crippen LogP contribution in [0, 0.1) is 17.5 Å². The zero-order chi connectivity index (χ0) is 15.4. The molecule has 3 nitrogen and oxygen atoms in total. The lowest BCUT2D eigenvalue weighted by atomic mass is 10.1. The van der Waals surface area contributed by atoms with Crippen LogP contribution in [0.1, 0.15) is 5.56 Å². The summed E-state index contributed by atoms with van der Waals surface area (Å²) in [4.78, 5) is 0. The van der Waals surface area contributed by atoms with E-state index in [2.05, 4.69) is 5.32 Å². The molecule has 21 heavy (non-hydrogen) atoms. The van der Waals surface area contributed by atoms with E-state index in [0.717, 1.165) is 12.1 Å². The van der Waals surface area contributed by atoms with Crippen molar-refractivity contribution in [3.63, 3.8) is 0 Å². The van der Waals surface area contributed by atoms with Crippen molar-refractivity contribution >= 4 is 11.4 Å². The highest BCUT2D eigenvalue weighted by Crippen LogP contribution is 2.27. The summed E-state index contributed by atoms with van der Waals surface area (Å²) < 4.78 is 44.4. The van der Waals surface area contributed by atoms with Crippen molar-refractivity contribution in [3.05, 3.63) is 53.3 Å². The molecule has 0 spiro atoms. The van der Waals surface area contributed by atoms with Crippen LogP contribution >= 0.6 is 0 Å². The van der Waals surface area contributed by atoms with Gasteiger partial charge in [-0.15, -0.1) is 0 Å². The zero-order valence-corrected chi connectivity index (χ0v) is 11.4. The van der Waals surface area contributed by atoms with Crippen molar-refractivity contribution in [1.29, 1.82) is 0 Å². The van der Waals surface area contributed by atoms with Gasteiger partial charge in [0.05, 0.1) is 18.5 Å². The van der Waals surface area contributed by atoms with Gasteiger partial charge in [0.1, 0.15) is 11.6 Å². The number of hydrogen-bond acceptors (Lipinski definition) is 3. The highest BCUT2D eigenvalue weighted by Gasteiger charge is 2.08. The lowest BCUT2D eigenvalue weighted by molar-refractivity contribution is 0.387. The van der Waals surface area contributed by atoms with Gasteiger partial charge in [-0.1, -0.05) is 0 Å². The normalized spacial score (nSPS) is 10.5. The van der Waals surface area contributed by atoms with Crippen LogP contribution in [0.25, 0.3) is 0 Å². The molecule has 0 amide bonds. The van der Waals surface area contributed by atoms with Crippen molar-refractivity contribution in [2.24, 2.45) is 0 Å². The molecule has 0 fully saturated rings. The van der Waals surface area contributed by atoms with E-state index in [9.17, 15) is 13.2 Å². The fourth-order valence-electron chi connectivity index (χ4n) is 1.98. The molecule has 0 aliphatic heterocycles. The molecule has 0 bridgehead atoms. The summed E-state index contributed by atoms with van der Waals surface area (Å²) in [7, 11) is 1.36. The smallest absolute Gasteiger partial charge is 0.167 e. The fraction of sp³-hybridized carbons (Fsp3) is 0.200. The predicted octanol–water partition coefficient (Wildman–Crippen LogP) is 3.35. The van der Waals surface area contributed by atoms with Gasteiger partial charge < -0.3 is 15.8 Å². The van der Waals surface area contributed by atoms with Gasteiger partial charge in [-0.25, -0.2) is 13.2 Å². The van der Waals surface area contributed by atoms with E-state index in [1.807, 2.05) is 0 Å². The number of hydrogen-bond donors (Lipinski definition) is 2. The Balaban J connectivity index is 2.03. The molecule has 0 aliphatic carbocycles. The lowest BCUT2D eigenvalue weighted by Crippen LogP contribution is -2.08. The van der Waals surface area contributed by atoms with Gasteiger partial charge in [0.25, 0.3) is 0 Å². The Morgan fingerprint density at radius 1 is 1.05 bits per heavy atom. The summed E-state index contributed by atoms with van der Waals surface area (Å²) in [5.41, 5.74) is 6.96. The molecule has 0 atom stereocenters. The van der Waals surface area contributed by atoms with Crippen molar-refractivity contribution in [3.8, 4) is 5.75 Å². The summed E-state index contributed by atoms with van der Waals surface area (Å²) in [6.07, 6.45) is 0.397. The number of methoxy groups -OCH3 is 1. The molecule has 0 heterocycles. The van der Waals surface area contributed by atoms with Crippen LogP contribution in [0.5, 0.6) is 5.75 Å². The van der Waals surface area contributed by atoms with Gasteiger partial charge in [-0.05, 0) is 24.1 Å². The highest BCUT2D eigenvalue weighted by molar-refractivity contribution is 5.68. The summed E-state index contributed by atoms with van der Waals surface area (Å²) in [5.74, 6) is -1.71. The first kappa shape index (κ1) is 15.0. The molecule has 0 saturated heterocycles. The molecule has 2 aromatic rings. The van der Waals surface area contributed by atoms with Gasteiger partial charge in [-0.2, -0.15) is 0 Å². The molecule has 6 heteroatoms. The number of halogens is 3. The Morgan fingerprint density at radius 3 is 2.33 bits per heavy atom. The second-order valence-corrected chi connectivity index (χ2v) is 4.53. The van der Waals surface area contributed by atoms with Crippen molar-refractivity contribution in [1.82, 2.24) is 0 Å². The maximum atomic E-state index is 13.4. The van der Waals surface area contributed by atoms with Crippen LogP contribution in [0.15, 0.2) is 30.3 Å². The highest BCUT2D eigenvalue weighted by atomic mass is 19.1. The zero-order valence-electron chi connectivity index (χ0n) is 11.4. The molecule has 2 aromatic carbocycles. The van der Waals surface area contributed by atoms with E-state index in [1.165, 1.54) is 25.3 Å². The molecular weight excluding hydrogens is 281 g/mol. The third-order valence-electron chi connectivity index (χ3n) is 2.98. The number of ether oxygens (including phenoxy) is 1. The van der Waals surface area contributed by atoms with Crippen molar-refractivity contribution < 1.29 is 17.9 Å². The maximum absolute atomic E-state index is 13.4. The Bertz CT molecular complexity index is 627. The van der Waals surface area contributed by atoms with Gasteiger partial charge in [-0.3, -0.25) is 0 Å². The number of nitrogens with two attached hydrogens (primary N) is 1. The van der Waals surface area contributed by atoms with E-state index in [1.54, 1.807) is 0 Å². The topological polar surface area (TPSA) is 47.3 Å². The van der Waals surface area contributed by atoms with Crippen LogP contribution in [0.2, 0.25) is 0 Å². The Hall–Kier alpha value is -2.37. The van der Waals surface area contributed by atoms with E-state index in [0.29, 0.717) is 24.2 Å². The van der Waals surface area contributed by atoms with Gasteiger partial charge in [0, 0.05) is 24.7 Å². The van der Waals surface area contributed by atoms with E-state index < -0.39 is 17.5 Å². The first-order chi connectivity index (χ1) is 9.99. The average Bonchev–Trinajstić information content (AvgIpc) is 2.40. The summed E-state index contributed by atoms with van der Waals surface area (Å²) in [6, 6.07) is 5.94. The molecule has 0 unspecified atom stereocenters. The molecule has 0 saturated carbocycles. The predicted molar refractivity (Wildman–Crippen MR) is 75.9 cm³/mol. The summed E-state index contributed by atoms with van der Waals surface area (Å²) in [6.45, 7) is 0.391. The first-order valence-electron chi connectivity index (χ1n) is 6.31. The van der Waals surface area contributed by atoms with Crippen LogP contribution in [0.4, 0.5) is 24.5 Å². The first-order valence-corrected chi connectivity index (χ1v) is 6.31. The van der Waals surface area contributed by atoms with Crippen molar-refractivity contribution in [2.75, 3.05) is 24.7 Å². The van der Waals surface area contributed by atoms with Crippen LogP contribution in [-0.4, -0.2) is 13.7 Å². The van der Waals surface area contributed by atoms with E-state index in [4.69, 9.17) is 10.5 Å². The average molecular weight is 296 g/mol. The van der Waals surface area contributed by atoms with Crippen LogP contribution < -0.4 is 15.8 Å². The number of rotatable bonds is 5. The summed E-state index contributed by atoms with van der Waals surface area (Å²) >= 11 is 0. The molecule has 0 aliphatic rings. The minimum Gasteiger partial charge on any atom is -0.494 e. The number of anilines is 2. The van der Waals surface area contributed by atoms with Crippen LogP contribution in [0.3, 0.4) is 0 Å². The SMILES string of the molecule is COc1cc(NCCc2cc(F)cc(F)c2)c(N)cc1F. The largest absolute Gasteiger partial charge is 0.494 e. The summed E-state index contributed by atoms with van der Waals surface area (Å²) in [5, 5.41) is 2.99. The van der Waals surface area contributed by atoms with Gasteiger partial charge in [0.2, 0.25) is 0 Å². The maximum Gasteiger partial charge on any atom is 0.167 e. The fourth-order valence-corrected chi connectivity index (χ4v) is 1.98. The number of benzene rings is 2. The third kappa shape index (κ3) is 3.81. The Morgan fingerprint density at radius 2 is 1.71 bits per heavy atom. The molecule has 2 rings (SSSR count). The standard InChI is InChI=1S/C15H15F3N2O/c1-21-15-8-14(13(19)7-12(15)18)20-3-2-9-4-10(16)6-11(17)5-9/h4-8,20H,2-3,19H2,1H3. The molecular formula is C15H15F3N2O. The minimum absolute atomic E-state index is 0.0727. The number of nitrogens with one attached hydrogen (secondary N) is 1. The van der Waals surface area contributed by atoms with E-state index in [-0.39, 0.29) is 11.4 Å². The second kappa shape index (κ2) is 6.39. The van der Waals surface area contributed by atoms with E-state index >= 15 is 0 Å². The quantitative estimate of drug-likeness (QED) is 0.832. The minimum atomic E-state index is -0.618. The number of nitrogen functional groups attached to an aromatic ring is 1. The molecule has 0 aromatic heterocycles. The van der Waals surface area contributed by atoms with Gasteiger partial charge >= 0.3 is 0 Å². The molecule has 3 N–H and O–H groups in total. The molecule has 0 radical (unpaired) electrons. The van der Waals surface area contributed by atoms with Crippen molar-refractivity contribution in [2.45, 2.75) is 6.42 Å². The van der Waals surface area contributed by atoms with Gasteiger partial charge in [0.15, 0.2) is 11.6 Å². The Kier molecular flexibility index (Phi) is 4.57. The Labute approximate surface area is 120 Å².